The predicted octanol–water partition coefficient (Wildman–Crippen LogP) is 6.24. The maximum Gasteiger partial charge on any atom is 0.00670 e. The van der Waals surface area contributed by atoms with E-state index < -0.39 is 0 Å². The first-order chi connectivity index (χ1) is 9.85. The highest BCUT2D eigenvalue weighted by Crippen LogP contribution is 2.13. The molecule has 0 spiro atoms. The van der Waals surface area contributed by atoms with Crippen LogP contribution in [0.3, 0.4) is 0 Å². The molecule has 0 aromatic carbocycles. The molecule has 0 radical (unpaired) electrons. The molecule has 0 amide bonds. The molecular weight excluding hydrogens is 242 g/mol. The molecule has 0 saturated carbocycles. The first kappa shape index (κ1) is 19.7. The smallest absolute Gasteiger partial charge is 0.00670 e. The van der Waals surface area contributed by atoms with Gasteiger partial charge in [0.1, 0.15) is 0 Å². The van der Waals surface area contributed by atoms with Crippen molar-refractivity contribution in [1.82, 2.24) is 5.32 Å². The van der Waals surface area contributed by atoms with Crippen LogP contribution in [0.15, 0.2) is 12.7 Å². The second-order valence-electron chi connectivity index (χ2n) is 6.09. The van der Waals surface area contributed by atoms with E-state index in [4.69, 9.17) is 0 Å². The molecule has 20 heavy (non-hydrogen) atoms. The third-order valence-corrected chi connectivity index (χ3v) is 4.11. The van der Waals surface area contributed by atoms with E-state index in [2.05, 4.69) is 25.7 Å². The molecule has 0 aliphatic carbocycles. The molecule has 1 unspecified atom stereocenters. The second kappa shape index (κ2) is 16.8. The number of rotatable bonds is 16. The van der Waals surface area contributed by atoms with E-state index in [0.717, 1.165) is 12.6 Å². The standard InChI is InChI=1S/C19H39N/c1-4-7-9-10-11-12-13-14-16-18-19(20-6-3)17-15-8-5-2/h5,19-20H,2,4,6-18H2,1,3H3. The number of unbranched alkanes of at least 4 members (excludes halogenated alkanes) is 9. The summed E-state index contributed by atoms with van der Waals surface area (Å²) in [4.78, 5) is 0. The molecule has 0 saturated heterocycles. The van der Waals surface area contributed by atoms with E-state index in [9.17, 15) is 0 Å². The van der Waals surface area contributed by atoms with E-state index >= 15 is 0 Å². The van der Waals surface area contributed by atoms with Crippen molar-refractivity contribution in [3.8, 4) is 0 Å². The van der Waals surface area contributed by atoms with Crippen LogP contribution in [0, 0.1) is 0 Å². The minimum Gasteiger partial charge on any atom is -0.314 e. The first-order valence-corrected chi connectivity index (χ1v) is 9.19. The van der Waals surface area contributed by atoms with Crippen molar-refractivity contribution in [3.63, 3.8) is 0 Å². The average molecular weight is 282 g/mol. The van der Waals surface area contributed by atoms with E-state index in [1.54, 1.807) is 0 Å². The Morgan fingerprint density at radius 3 is 1.90 bits per heavy atom. The van der Waals surface area contributed by atoms with Crippen LogP contribution in [0.5, 0.6) is 0 Å². The van der Waals surface area contributed by atoms with E-state index in [0.29, 0.717) is 0 Å². The van der Waals surface area contributed by atoms with Crippen LogP contribution in [-0.4, -0.2) is 12.6 Å². The maximum atomic E-state index is 3.81. The van der Waals surface area contributed by atoms with Crippen molar-refractivity contribution >= 4 is 0 Å². The monoisotopic (exact) mass is 281 g/mol. The van der Waals surface area contributed by atoms with Crippen molar-refractivity contribution in [2.45, 2.75) is 103 Å². The summed E-state index contributed by atoms with van der Waals surface area (Å²) in [6.07, 6.45) is 20.0. The van der Waals surface area contributed by atoms with Crippen molar-refractivity contribution in [2.75, 3.05) is 6.54 Å². The average Bonchev–Trinajstić information content (AvgIpc) is 2.45. The molecule has 0 aliphatic heterocycles. The largest absolute Gasteiger partial charge is 0.314 e. The molecule has 0 aliphatic rings. The Labute approximate surface area is 128 Å². The Balaban J connectivity index is 3.36. The van der Waals surface area contributed by atoms with Gasteiger partial charge in [-0.1, -0.05) is 77.7 Å². The molecule has 120 valence electrons. The van der Waals surface area contributed by atoms with E-state index in [-0.39, 0.29) is 0 Å². The Hall–Kier alpha value is -0.300. The summed E-state index contributed by atoms with van der Waals surface area (Å²) < 4.78 is 0. The number of nitrogens with one attached hydrogen (secondary N) is 1. The summed E-state index contributed by atoms with van der Waals surface area (Å²) in [5.74, 6) is 0. The Morgan fingerprint density at radius 1 is 0.800 bits per heavy atom. The van der Waals surface area contributed by atoms with Crippen LogP contribution in [-0.2, 0) is 0 Å². The normalized spacial score (nSPS) is 12.5. The minimum atomic E-state index is 0.740. The van der Waals surface area contributed by atoms with Crippen LogP contribution < -0.4 is 5.32 Å². The van der Waals surface area contributed by atoms with Gasteiger partial charge in [0.05, 0.1) is 0 Å². The summed E-state index contributed by atoms with van der Waals surface area (Å²) in [5.41, 5.74) is 0. The SMILES string of the molecule is C=CCCCC(CCCCCCCCCCC)NCC. The lowest BCUT2D eigenvalue weighted by Gasteiger charge is -2.17. The molecule has 0 aromatic heterocycles. The lowest BCUT2D eigenvalue weighted by molar-refractivity contribution is 0.429. The van der Waals surface area contributed by atoms with Crippen LogP contribution in [0.2, 0.25) is 0 Å². The second-order valence-corrected chi connectivity index (χ2v) is 6.09. The van der Waals surface area contributed by atoms with E-state index in [1.165, 1.54) is 83.5 Å². The molecule has 0 bridgehead atoms. The number of hydrogen-bond donors (Lipinski definition) is 1. The summed E-state index contributed by atoms with van der Waals surface area (Å²) in [6.45, 7) is 9.42. The molecule has 0 rings (SSSR count). The van der Waals surface area contributed by atoms with E-state index in [1.807, 2.05) is 6.08 Å². The van der Waals surface area contributed by atoms with Crippen molar-refractivity contribution in [3.05, 3.63) is 12.7 Å². The minimum absolute atomic E-state index is 0.740. The van der Waals surface area contributed by atoms with Crippen LogP contribution >= 0.6 is 0 Å². The zero-order chi connectivity index (χ0) is 14.9. The molecular formula is C19H39N. The fourth-order valence-electron chi connectivity index (χ4n) is 2.85. The topological polar surface area (TPSA) is 12.0 Å². The molecule has 0 heterocycles. The third kappa shape index (κ3) is 14.1. The fraction of sp³-hybridized carbons (Fsp3) is 0.895. The van der Waals surface area contributed by atoms with Gasteiger partial charge in [0, 0.05) is 6.04 Å². The van der Waals surface area contributed by atoms with Gasteiger partial charge in [-0.25, -0.2) is 0 Å². The third-order valence-electron chi connectivity index (χ3n) is 4.11. The van der Waals surface area contributed by atoms with Crippen LogP contribution in [0.4, 0.5) is 0 Å². The predicted molar refractivity (Wildman–Crippen MR) is 93.4 cm³/mol. The fourth-order valence-corrected chi connectivity index (χ4v) is 2.85. The summed E-state index contributed by atoms with van der Waals surface area (Å²) >= 11 is 0. The van der Waals surface area contributed by atoms with Gasteiger partial charge >= 0.3 is 0 Å². The Morgan fingerprint density at radius 2 is 1.35 bits per heavy atom. The molecule has 1 N–H and O–H groups in total. The van der Waals surface area contributed by atoms with Crippen LogP contribution in [0.25, 0.3) is 0 Å². The lowest BCUT2D eigenvalue weighted by Crippen LogP contribution is -2.28. The van der Waals surface area contributed by atoms with Gasteiger partial charge in [0.2, 0.25) is 0 Å². The number of allylic oxidation sites excluding steroid dienone is 1. The van der Waals surface area contributed by atoms with Crippen molar-refractivity contribution < 1.29 is 0 Å². The molecule has 1 atom stereocenters. The van der Waals surface area contributed by atoms with Gasteiger partial charge in [-0.15, -0.1) is 6.58 Å². The zero-order valence-corrected chi connectivity index (χ0v) is 14.3. The molecule has 1 heteroatoms. The lowest BCUT2D eigenvalue weighted by atomic mass is 10.0. The van der Waals surface area contributed by atoms with Gasteiger partial charge in [-0.2, -0.15) is 0 Å². The Bertz CT molecular complexity index is 188. The highest BCUT2D eigenvalue weighted by molar-refractivity contribution is 4.71. The van der Waals surface area contributed by atoms with Gasteiger partial charge in [0.25, 0.3) is 0 Å². The van der Waals surface area contributed by atoms with Crippen molar-refractivity contribution in [1.29, 1.82) is 0 Å². The number of hydrogen-bond acceptors (Lipinski definition) is 1. The van der Waals surface area contributed by atoms with Gasteiger partial charge < -0.3 is 5.32 Å². The molecule has 0 fully saturated rings. The quantitative estimate of drug-likeness (QED) is 0.261. The van der Waals surface area contributed by atoms with Gasteiger partial charge in [-0.3, -0.25) is 0 Å². The first-order valence-electron chi connectivity index (χ1n) is 9.19. The Kier molecular flexibility index (Phi) is 16.5. The van der Waals surface area contributed by atoms with Gasteiger partial charge in [0.15, 0.2) is 0 Å². The summed E-state index contributed by atoms with van der Waals surface area (Å²) in [6, 6.07) is 0.740. The van der Waals surface area contributed by atoms with Crippen LogP contribution in [0.1, 0.15) is 97.3 Å². The van der Waals surface area contributed by atoms with Gasteiger partial charge in [-0.05, 0) is 32.2 Å². The summed E-state index contributed by atoms with van der Waals surface area (Å²) in [5, 5.41) is 3.63. The van der Waals surface area contributed by atoms with Crippen molar-refractivity contribution in [2.24, 2.45) is 0 Å². The highest BCUT2D eigenvalue weighted by atomic mass is 14.9. The highest BCUT2D eigenvalue weighted by Gasteiger charge is 2.05. The zero-order valence-electron chi connectivity index (χ0n) is 14.3. The maximum absolute atomic E-state index is 3.81. The molecule has 0 aromatic rings. The summed E-state index contributed by atoms with van der Waals surface area (Å²) in [7, 11) is 0. The molecule has 1 nitrogen and oxygen atoms in total.